The maximum atomic E-state index is 12.4. The van der Waals surface area contributed by atoms with Crippen LogP contribution in [-0.4, -0.2) is 11.8 Å². The van der Waals surface area contributed by atoms with Gasteiger partial charge < -0.3 is 4.90 Å². The van der Waals surface area contributed by atoms with Crippen LogP contribution in [0.15, 0.2) is 59.1 Å². The van der Waals surface area contributed by atoms with Crippen LogP contribution in [0.4, 0.5) is 5.69 Å². The zero-order chi connectivity index (χ0) is 15.1. The minimum absolute atomic E-state index is 0.135. The van der Waals surface area contributed by atoms with Crippen molar-refractivity contribution in [2.75, 3.05) is 4.90 Å². The Kier molecular flexibility index (Phi) is 3.53. The van der Waals surface area contributed by atoms with Crippen LogP contribution in [0.1, 0.15) is 30.9 Å². The summed E-state index contributed by atoms with van der Waals surface area (Å²) in [6.45, 7) is 0. The molecule has 0 radical (unpaired) electrons. The predicted octanol–water partition coefficient (Wildman–Crippen LogP) is 4.75. The Balaban J connectivity index is 1.80. The van der Waals surface area contributed by atoms with Gasteiger partial charge in [0.15, 0.2) is 0 Å². The molecule has 2 aliphatic heterocycles. The summed E-state index contributed by atoms with van der Waals surface area (Å²) in [5, 5.41) is 0. The highest BCUT2D eigenvalue weighted by Crippen LogP contribution is 2.47. The van der Waals surface area contributed by atoms with Gasteiger partial charge in [0.1, 0.15) is 5.78 Å². The van der Waals surface area contributed by atoms with E-state index in [0.717, 1.165) is 17.3 Å². The number of ketones is 1. The van der Waals surface area contributed by atoms with Crippen molar-refractivity contribution in [2.24, 2.45) is 5.92 Å². The van der Waals surface area contributed by atoms with E-state index in [0.29, 0.717) is 18.2 Å². The first-order chi connectivity index (χ1) is 10.7. The second kappa shape index (κ2) is 5.54. The van der Waals surface area contributed by atoms with Crippen molar-refractivity contribution in [2.45, 2.75) is 31.3 Å². The highest BCUT2D eigenvalue weighted by molar-refractivity contribution is 9.10. The van der Waals surface area contributed by atoms with Crippen molar-refractivity contribution < 1.29 is 4.79 Å². The van der Waals surface area contributed by atoms with E-state index in [1.165, 1.54) is 11.3 Å². The molecule has 5 rings (SSSR count). The van der Waals surface area contributed by atoms with Crippen molar-refractivity contribution in [3.05, 3.63) is 64.6 Å². The standard InChI is InChI=1S/C19H18BrNO/c20-14-6-8-15(9-7-14)21-16-10-11-17(18(22)12-16)19(21)13-4-2-1-3-5-13/h1-9,16-17,19H,10-12H2. The fraction of sp³-hybridized carbons (Fsp3) is 0.316. The van der Waals surface area contributed by atoms with Crippen LogP contribution in [0, 0.1) is 5.92 Å². The van der Waals surface area contributed by atoms with Gasteiger partial charge in [0, 0.05) is 28.5 Å². The Hall–Kier alpha value is -1.61. The first-order valence-corrected chi connectivity index (χ1v) is 8.65. The Bertz CT molecular complexity index is 682. The third-order valence-corrected chi connectivity index (χ3v) is 5.53. The molecule has 2 nitrogen and oxygen atoms in total. The molecule has 1 saturated carbocycles. The number of hydrogen-bond acceptors (Lipinski definition) is 2. The van der Waals surface area contributed by atoms with Gasteiger partial charge >= 0.3 is 0 Å². The summed E-state index contributed by atoms with van der Waals surface area (Å²) in [6.07, 6.45) is 2.84. The molecule has 1 aliphatic carbocycles. The van der Waals surface area contributed by atoms with Gasteiger partial charge in [-0.1, -0.05) is 46.3 Å². The Morgan fingerprint density at radius 2 is 1.68 bits per heavy atom. The molecule has 3 heteroatoms. The van der Waals surface area contributed by atoms with E-state index in [-0.39, 0.29) is 12.0 Å². The van der Waals surface area contributed by atoms with Crippen LogP contribution >= 0.6 is 15.9 Å². The van der Waals surface area contributed by atoms with Gasteiger partial charge in [-0.2, -0.15) is 0 Å². The van der Waals surface area contributed by atoms with Gasteiger partial charge in [0.25, 0.3) is 0 Å². The summed E-state index contributed by atoms with van der Waals surface area (Å²) >= 11 is 3.51. The van der Waals surface area contributed by atoms with Crippen molar-refractivity contribution in [1.82, 2.24) is 0 Å². The average Bonchev–Trinajstić information content (AvgIpc) is 2.56. The topological polar surface area (TPSA) is 20.3 Å². The Labute approximate surface area is 139 Å². The number of Topliss-reactive ketones (excluding diaryl/α,β-unsaturated/α-hetero) is 1. The highest BCUT2D eigenvalue weighted by Gasteiger charge is 2.47. The monoisotopic (exact) mass is 355 g/mol. The van der Waals surface area contributed by atoms with E-state index in [2.05, 4.69) is 69.4 Å². The third kappa shape index (κ3) is 2.28. The zero-order valence-electron chi connectivity index (χ0n) is 12.3. The highest BCUT2D eigenvalue weighted by atomic mass is 79.9. The smallest absolute Gasteiger partial charge is 0.140 e. The lowest BCUT2D eigenvalue weighted by atomic mass is 9.71. The molecule has 0 amide bonds. The average molecular weight is 356 g/mol. The number of nitrogens with zero attached hydrogens (tertiary/aromatic N) is 1. The van der Waals surface area contributed by atoms with Crippen LogP contribution in [-0.2, 0) is 4.79 Å². The summed E-state index contributed by atoms with van der Waals surface area (Å²) in [5.41, 5.74) is 2.48. The molecule has 0 aromatic heterocycles. The normalized spacial score (nSPS) is 27.2. The third-order valence-electron chi connectivity index (χ3n) is 5.00. The van der Waals surface area contributed by atoms with Crippen LogP contribution in [0.5, 0.6) is 0 Å². The molecule has 2 heterocycles. The quantitative estimate of drug-likeness (QED) is 0.774. The van der Waals surface area contributed by atoms with E-state index >= 15 is 0 Å². The molecule has 2 aromatic rings. The lowest BCUT2D eigenvalue weighted by Crippen LogP contribution is -2.54. The number of carbonyl (C=O) groups excluding carboxylic acids is 1. The molecule has 0 spiro atoms. The van der Waals surface area contributed by atoms with Crippen LogP contribution in [0.25, 0.3) is 0 Å². The van der Waals surface area contributed by atoms with E-state index in [9.17, 15) is 4.79 Å². The van der Waals surface area contributed by atoms with Gasteiger partial charge in [-0.05, 0) is 42.7 Å². The fourth-order valence-electron chi connectivity index (χ4n) is 4.04. The largest absolute Gasteiger partial charge is 0.360 e. The number of hydrogen-bond donors (Lipinski definition) is 0. The number of fused-ring (bicyclic) bond motifs is 3. The second-order valence-corrected chi connectivity index (χ2v) is 7.16. The number of benzene rings is 2. The summed E-state index contributed by atoms with van der Waals surface area (Å²) in [6, 6.07) is 19.5. The zero-order valence-corrected chi connectivity index (χ0v) is 13.9. The number of piperidine rings is 2. The molecule has 3 unspecified atom stereocenters. The second-order valence-electron chi connectivity index (χ2n) is 6.25. The Morgan fingerprint density at radius 3 is 2.36 bits per heavy atom. The molecule has 2 bridgehead atoms. The van der Waals surface area contributed by atoms with E-state index in [1.54, 1.807) is 0 Å². The number of halogens is 1. The molecule has 22 heavy (non-hydrogen) atoms. The van der Waals surface area contributed by atoms with Crippen molar-refractivity contribution in [3.63, 3.8) is 0 Å². The van der Waals surface area contributed by atoms with E-state index < -0.39 is 0 Å². The van der Waals surface area contributed by atoms with Gasteiger partial charge in [0.2, 0.25) is 0 Å². The SMILES string of the molecule is O=C1CC2CCC1C(c1ccccc1)N2c1ccc(Br)cc1. The molecule has 2 aromatic carbocycles. The maximum Gasteiger partial charge on any atom is 0.140 e. The lowest BCUT2D eigenvalue weighted by Gasteiger charge is -2.52. The van der Waals surface area contributed by atoms with Gasteiger partial charge in [-0.3, -0.25) is 4.79 Å². The lowest BCUT2D eigenvalue weighted by molar-refractivity contribution is -0.128. The van der Waals surface area contributed by atoms with E-state index in [1.807, 2.05) is 6.07 Å². The molecule has 112 valence electrons. The number of rotatable bonds is 2. The van der Waals surface area contributed by atoms with Crippen LogP contribution in [0.3, 0.4) is 0 Å². The summed E-state index contributed by atoms with van der Waals surface area (Å²) < 4.78 is 1.09. The summed E-state index contributed by atoms with van der Waals surface area (Å²) in [7, 11) is 0. The van der Waals surface area contributed by atoms with Crippen LogP contribution in [0.2, 0.25) is 0 Å². The van der Waals surface area contributed by atoms with Gasteiger partial charge in [0.05, 0.1) is 6.04 Å². The van der Waals surface area contributed by atoms with Crippen LogP contribution < -0.4 is 4.90 Å². The molecule has 2 saturated heterocycles. The fourth-order valence-corrected chi connectivity index (χ4v) is 4.30. The van der Waals surface area contributed by atoms with Gasteiger partial charge in [-0.25, -0.2) is 0 Å². The maximum absolute atomic E-state index is 12.4. The van der Waals surface area contributed by atoms with Crippen molar-refractivity contribution >= 4 is 27.4 Å². The minimum atomic E-state index is 0.135. The number of carbonyl (C=O) groups is 1. The van der Waals surface area contributed by atoms with Crippen molar-refractivity contribution in [3.8, 4) is 0 Å². The first kappa shape index (κ1) is 14.0. The van der Waals surface area contributed by atoms with E-state index in [4.69, 9.17) is 0 Å². The molecular weight excluding hydrogens is 338 g/mol. The summed E-state index contributed by atoms with van der Waals surface area (Å²) in [5.74, 6) is 0.578. The predicted molar refractivity (Wildman–Crippen MR) is 91.9 cm³/mol. The molecule has 3 aliphatic rings. The molecular formula is C19H18BrNO. The van der Waals surface area contributed by atoms with Gasteiger partial charge in [-0.15, -0.1) is 0 Å². The molecule has 3 atom stereocenters. The Morgan fingerprint density at radius 1 is 0.955 bits per heavy atom. The minimum Gasteiger partial charge on any atom is -0.360 e. The summed E-state index contributed by atoms with van der Waals surface area (Å²) in [4.78, 5) is 14.9. The van der Waals surface area contributed by atoms with Crippen molar-refractivity contribution in [1.29, 1.82) is 0 Å². The number of anilines is 1. The molecule has 0 N–H and O–H groups in total. The first-order valence-electron chi connectivity index (χ1n) is 7.85. The molecule has 3 fully saturated rings.